The Bertz CT molecular complexity index is 1510. The maximum Gasteiger partial charge on any atom is 0.341 e. The number of methoxy groups -OCH3 is 1. The Hall–Kier alpha value is -3.76. The van der Waals surface area contributed by atoms with E-state index in [0.29, 0.717) is 36.9 Å². The lowest BCUT2D eigenvalue weighted by molar-refractivity contribution is -0.129. The number of rotatable bonds is 12. The third-order valence-electron chi connectivity index (χ3n) is 8.09. The van der Waals surface area contributed by atoms with E-state index >= 15 is 8.78 Å². The molecule has 43 heavy (non-hydrogen) atoms. The van der Waals surface area contributed by atoms with Crippen LogP contribution in [0.15, 0.2) is 28.5 Å². The summed E-state index contributed by atoms with van der Waals surface area (Å²) in [6, 6.07) is 0.330. The van der Waals surface area contributed by atoms with Gasteiger partial charge in [0.1, 0.15) is 17.1 Å². The molecule has 2 heterocycles. The predicted molar refractivity (Wildman–Crippen MR) is 160 cm³/mol. The van der Waals surface area contributed by atoms with Crippen LogP contribution < -0.4 is 20.4 Å². The number of fused-ring (bicyclic) bond motifs is 1. The number of carbonyl (C=O) groups excluding carboxylic acids is 2. The summed E-state index contributed by atoms with van der Waals surface area (Å²) in [4.78, 5) is 51.7. The van der Waals surface area contributed by atoms with Gasteiger partial charge in [-0.2, -0.15) is 0 Å². The predicted octanol–water partition coefficient (Wildman–Crippen LogP) is 5.54. The number of nitrogens with one attached hydrogen (secondary N) is 1. The first kappa shape index (κ1) is 32.2. The van der Waals surface area contributed by atoms with Gasteiger partial charge in [0.25, 0.3) is 0 Å². The van der Waals surface area contributed by atoms with Gasteiger partial charge in [0.15, 0.2) is 17.3 Å². The van der Waals surface area contributed by atoms with Crippen LogP contribution in [0.3, 0.4) is 0 Å². The average Bonchev–Trinajstić information content (AvgIpc) is 3.80. The number of anilines is 1. The van der Waals surface area contributed by atoms with Crippen LogP contribution in [0, 0.1) is 17.7 Å². The quantitative estimate of drug-likeness (QED) is 0.328. The lowest BCUT2D eigenvalue weighted by Gasteiger charge is -2.33. The number of carboxylic acid groups (broad SMARTS) is 1. The monoisotopic (exact) mass is 601 g/mol. The molecular weight excluding hydrogens is 560 g/mol. The Morgan fingerprint density at radius 3 is 2.44 bits per heavy atom. The lowest BCUT2D eigenvalue weighted by Crippen LogP contribution is -2.43. The minimum Gasteiger partial charge on any atom is -0.492 e. The average molecular weight is 602 g/mol. The number of ketones is 1. The minimum absolute atomic E-state index is 0.0370. The van der Waals surface area contributed by atoms with Gasteiger partial charge in [0, 0.05) is 44.1 Å². The van der Waals surface area contributed by atoms with Crippen molar-refractivity contribution in [3.8, 4) is 5.75 Å². The number of ether oxygens (including phenoxy) is 1. The molecule has 0 unspecified atom stereocenters. The number of pyridine rings is 1. The van der Waals surface area contributed by atoms with Gasteiger partial charge in [-0.15, -0.1) is 0 Å². The molecule has 0 spiro atoms. The first-order valence-electron chi connectivity index (χ1n) is 15.0. The number of hydrogen-bond donors (Lipinski definition) is 2. The summed E-state index contributed by atoms with van der Waals surface area (Å²) in [6.45, 7) is 7.88. The Morgan fingerprint density at radius 1 is 1.16 bits per heavy atom. The van der Waals surface area contributed by atoms with E-state index in [1.165, 1.54) is 13.3 Å². The highest BCUT2D eigenvalue weighted by molar-refractivity contribution is 5.97. The van der Waals surface area contributed by atoms with Crippen molar-refractivity contribution in [1.82, 2.24) is 9.88 Å². The molecule has 1 saturated carbocycles. The highest BCUT2D eigenvalue weighted by Crippen LogP contribution is 2.44. The molecule has 1 aromatic heterocycles. The van der Waals surface area contributed by atoms with Crippen LogP contribution in [0.4, 0.5) is 14.5 Å². The third kappa shape index (κ3) is 7.08. The summed E-state index contributed by atoms with van der Waals surface area (Å²) in [6.07, 6.45) is 4.11. The summed E-state index contributed by atoms with van der Waals surface area (Å²) in [7, 11) is 1.36. The maximum atomic E-state index is 15.7. The van der Waals surface area contributed by atoms with Gasteiger partial charge < -0.3 is 24.6 Å². The molecule has 2 fully saturated rings. The van der Waals surface area contributed by atoms with Crippen molar-refractivity contribution in [2.75, 3.05) is 25.1 Å². The molecule has 11 heteroatoms. The van der Waals surface area contributed by atoms with Crippen molar-refractivity contribution in [3.05, 3.63) is 45.3 Å². The number of carboxylic acids is 1. The summed E-state index contributed by atoms with van der Waals surface area (Å²) in [5.41, 5.74) is -0.376. The number of carbonyl (C=O) groups is 3. The van der Waals surface area contributed by atoms with Gasteiger partial charge in [-0.05, 0) is 49.7 Å². The first-order chi connectivity index (χ1) is 20.3. The molecule has 0 bridgehead atoms. The van der Waals surface area contributed by atoms with E-state index in [2.05, 4.69) is 5.32 Å². The fourth-order valence-electron chi connectivity index (χ4n) is 5.67. The van der Waals surface area contributed by atoms with Crippen molar-refractivity contribution in [1.29, 1.82) is 0 Å². The molecule has 2 N–H and O–H groups in total. The van der Waals surface area contributed by atoms with E-state index < -0.39 is 34.6 Å². The van der Waals surface area contributed by atoms with Crippen LogP contribution in [0.25, 0.3) is 10.9 Å². The highest BCUT2D eigenvalue weighted by Gasteiger charge is 2.32. The number of halogens is 2. The molecule has 2 aliphatic rings. The molecule has 9 nitrogen and oxygen atoms in total. The number of amides is 1. The number of Topliss-reactive ketones (excluding diaryl/α,β-unsaturated/α-hetero) is 1. The number of aromatic nitrogens is 1. The summed E-state index contributed by atoms with van der Waals surface area (Å²) >= 11 is 0. The van der Waals surface area contributed by atoms with Crippen LogP contribution in [0.5, 0.6) is 5.75 Å². The number of allylic oxidation sites excluding steroid dienone is 1. The molecule has 2 aromatic rings. The molecule has 1 atom stereocenters. The Kier molecular flexibility index (Phi) is 9.92. The van der Waals surface area contributed by atoms with Gasteiger partial charge in [0.05, 0.1) is 24.1 Å². The second-order valence-corrected chi connectivity index (χ2v) is 12.3. The second-order valence-electron chi connectivity index (χ2n) is 12.3. The summed E-state index contributed by atoms with van der Waals surface area (Å²) in [5.74, 6) is -3.05. The molecule has 1 aromatic carbocycles. The van der Waals surface area contributed by atoms with Crippen LogP contribution in [-0.2, 0) is 9.59 Å². The fourth-order valence-corrected chi connectivity index (χ4v) is 5.67. The van der Waals surface area contributed by atoms with Crippen molar-refractivity contribution >= 4 is 34.3 Å². The van der Waals surface area contributed by atoms with Gasteiger partial charge in [0.2, 0.25) is 11.3 Å². The first-order valence-corrected chi connectivity index (χ1v) is 15.0. The van der Waals surface area contributed by atoms with E-state index in [-0.39, 0.29) is 65.8 Å². The number of benzene rings is 1. The SMILES string of the molecule is COc1c(N2CCC/C(=C(\F)CCC(=O)[C@H](CC(C)C)NC(=O)C(C)C)C2)c(F)cc2c(=O)c(C(=O)O)cn(C3CC3)c12. The highest BCUT2D eigenvalue weighted by atomic mass is 19.1. The Balaban J connectivity index is 1.62. The van der Waals surface area contributed by atoms with Gasteiger partial charge >= 0.3 is 5.97 Å². The Labute approximate surface area is 249 Å². The zero-order chi connectivity index (χ0) is 31.6. The minimum atomic E-state index is -1.39. The largest absolute Gasteiger partial charge is 0.492 e. The zero-order valence-corrected chi connectivity index (χ0v) is 25.5. The van der Waals surface area contributed by atoms with Crippen LogP contribution in [0.1, 0.15) is 89.0 Å². The smallest absolute Gasteiger partial charge is 0.341 e. The third-order valence-corrected chi connectivity index (χ3v) is 8.09. The van der Waals surface area contributed by atoms with E-state index in [4.69, 9.17) is 4.74 Å². The zero-order valence-electron chi connectivity index (χ0n) is 25.5. The van der Waals surface area contributed by atoms with Crippen molar-refractivity contribution in [2.45, 2.75) is 84.7 Å². The maximum absolute atomic E-state index is 15.7. The molecule has 0 radical (unpaired) electrons. The number of piperidine rings is 1. The Morgan fingerprint density at radius 2 is 1.86 bits per heavy atom. The van der Waals surface area contributed by atoms with E-state index in [1.54, 1.807) is 23.3 Å². The molecule has 1 amide bonds. The molecule has 1 aliphatic carbocycles. The van der Waals surface area contributed by atoms with Crippen LogP contribution in [-0.4, -0.2) is 53.6 Å². The lowest BCUT2D eigenvalue weighted by atomic mass is 9.95. The van der Waals surface area contributed by atoms with E-state index in [9.17, 15) is 24.3 Å². The molecule has 1 aliphatic heterocycles. The molecular formula is C32H41F2N3O6. The van der Waals surface area contributed by atoms with Crippen LogP contribution >= 0.6 is 0 Å². The summed E-state index contributed by atoms with van der Waals surface area (Å²) < 4.78 is 38.6. The normalized spacial score (nSPS) is 17.4. The standard InChI is InChI=1S/C32H41F2N3O6/c1-17(2)13-25(35-31(40)18(3)4)26(38)11-10-23(33)19-7-6-12-36(15-19)28-24(34)14-21-27(30(28)43-5)37(20-8-9-20)16-22(29(21)39)32(41)42/h14,16-18,20,25H,6-13,15H2,1-5H3,(H,35,40)(H,41,42)/b23-19+/t25-/m0/s1. The molecule has 234 valence electrons. The van der Waals surface area contributed by atoms with Crippen molar-refractivity contribution in [3.63, 3.8) is 0 Å². The second kappa shape index (κ2) is 13.3. The topological polar surface area (TPSA) is 118 Å². The number of nitrogens with zero attached hydrogens (tertiary/aromatic N) is 2. The van der Waals surface area contributed by atoms with Gasteiger partial charge in [-0.1, -0.05) is 27.7 Å². The summed E-state index contributed by atoms with van der Waals surface area (Å²) in [5, 5.41) is 12.3. The number of hydrogen-bond acceptors (Lipinski definition) is 6. The molecule has 1 saturated heterocycles. The fraction of sp³-hybridized carbons (Fsp3) is 0.562. The number of aromatic carboxylic acids is 1. The van der Waals surface area contributed by atoms with Crippen molar-refractivity contribution < 1.29 is 33.0 Å². The van der Waals surface area contributed by atoms with Crippen LogP contribution in [0.2, 0.25) is 0 Å². The van der Waals surface area contributed by atoms with E-state index in [0.717, 1.165) is 18.9 Å². The van der Waals surface area contributed by atoms with Gasteiger partial charge in [-0.3, -0.25) is 14.4 Å². The van der Waals surface area contributed by atoms with E-state index in [1.807, 2.05) is 13.8 Å². The molecule has 4 rings (SSSR count). The van der Waals surface area contributed by atoms with Crippen molar-refractivity contribution in [2.24, 2.45) is 11.8 Å². The van der Waals surface area contributed by atoms with Gasteiger partial charge in [-0.25, -0.2) is 13.6 Å².